The molecule has 0 aliphatic carbocycles. The van der Waals surface area contributed by atoms with Crippen LogP contribution in [0, 0.1) is 0 Å². The largest absolute Gasteiger partial charge is 0.455 e. The zero-order chi connectivity index (χ0) is 33.5. The summed E-state index contributed by atoms with van der Waals surface area (Å²) >= 11 is 0. The lowest BCUT2D eigenvalue weighted by Crippen LogP contribution is -2.04. The van der Waals surface area contributed by atoms with Crippen LogP contribution in [0.25, 0.3) is 105 Å². The average Bonchev–Trinajstić information content (AvgIpc) is 3.88. The number of nitrogens with zero attached hydrogens (tertiary/aromatic N) is 3. The van der Waals surface area contributed by atoms with E-state index in [1.165, 1.54) is 0 Å². The molecule has 238 valence electrons. The van der Waals surface area contributed by atoms with Gasteiger partial charge in [-0.25, -0.2) is 9.97 Å². The molecule has 4 heterocycles. The van der Waals surface area contributed by atoms with Crippen molar-refractivity contribution in [2.75, 3.05) is 0 Å². The Morgan fingerprint density at radius 3 is 1.82 bits per heavy atom. The first-order chi connectivity index (χ1) is 25.3. The molecular weight excluding hydrogens is 627 g/mol. The first-order valence-corrected chi connectivity index (χ1v) is 17.1. The Kier molecular flexibility index (Phi) is 5.89. The topological polar surface area (TPSA) is 57.0 Å². The fourth-order valence-electron chi connectivity index (χ4n) is 7.71. The molecule has 0 amide bonds. The van der Waals surface area contributed by atoms with Gasteiger partial charge in [0.25, 0.3) is 0 Å². The van der Waals surface area contributed by atoms with Crippen molar-refractivity contribution in [3.8, 4) is 39.6 Å². The van der Waals surface area contributed by atoms with E-state index >= 15 is 0 Å². The molecule has 0 saturated heterocycles. The van der Waals surface area contributed by atoms with Gasteiger partial charge in [-0.15, -0.1) is 0 Å². The van der Waals surface area contributed by atoms with Crippen molar-refractivity contribution >= 4 is 65.7 Å². The smallest absolute Gasteiger partial charge is 0.235 e. The molecule has 0 aliphatic heterocycles. The van der Waals surface area contributed by atoms with Crippen molar-refractivity contribution in [2.45, 2.75) is 0 Å². The predicted octanol–water partition coefficient (Wildman–Crippen LogP) is 12.4. The zero-order valence-corrected chi connectivity index (χ0v) is 27.2. The van der Waals surface area contributed by atoms with Crippen LogP contribution in [0.15, 0.2) is 173 Å². The van der Waals surface area contributed by atoms with Crippen LogP contribution in [0.3, 0.4) is 0 Å². The maximum Gasteiger partial charge on any atom is 0.235 e. The summed E-state index contributed by atoms with van der Waals surface area (Å²) in [6, 6.07) is 56.5. The SMILES string of the molecule is c1ccc(-c2cccc(-c3cc(-c4cccc5c4oc4ccccc45)nc(-n4c5ccccc5c5c6oc7ccccc7c6ccc54)n3)c2)cc1. The molecule has 5 heteroatoms. The second-order valence-corrected chi connectivity index (χ2v) is 13.0. The van der Waals surface area contributed by atoms with E-state index in [0.717, 1.165) is 99.3 Å². The van der Waals surface area contributed by atoms with Gasteiger partial charge < -0.3 is 8.83 Å². The fraction of sp³-hybridized carbons (Fsp3) is 0. The van der Waals surface area contributed by atoms with Gasteiger partial charge in [-0.1, -0.05) is 115 Å². The summed E-state index contributed by atoms with van der Waals surface area (Å²) in [6.07, 6.45) is 0. The van der Waals surface area contributed by atoms with Gasteiger partial charge in [0, 0.05) is 38.1 Å². The van der Waals surface area contributed by atoms with Crippen LogP contribution in [0.1, 0.15) is 0 Å². The summed E-state index contributed by atoms with van der Waals surface area (Å²) in [5.41, 5.74) is 11.1. The Hall–Kier alpha value is -6.98. The van der Waals surface area contributed by atoms with E-state index in [-0.39, 0.29) is 0 Å². The highest BCUT2D eigenvalue weighted by Crippen LogP contribution is 2.41. The summed E-state index contributed by atoms with van der Waals surface area (Å²) in [4.78, 5) is 10.7. The minimum atomic E-state index is 0.572. The van der Waals surface area contributed by atoms with E-state index in [1.54, 1.807) is 0 Å². The quantitative estimate of drug-likeness (QED) is 0.190. The standard InChI is InChI=1S/C46H27N3O2/c1-2-12-28(13-3-1)29-14-10-15-30(26-29)37-27-38(35-20-11-19-33-31-16-5-8-22-41(31)50-44(33)35)48-46(47-37)49-39-21-7-4-18-36(39)43-40(49)25-24-34-32-17-6-9-23-42(32)51-45(34)43/h1-27H. The minimum Gasteiger partial charge on any atom is -0.455 e. The molecule has 51 heavy (non-hydrogen) atoms. The molecule has 0 atom stereocenters. The Balaban J connectivity index is 1.22. The lowest BCUT2D eigenvalue weighted by Gasteiger charge is -2.12. The van der Waals surface area contributed by atoms with Crippen molar-refractivity contribution < 1.29 is 8.83 Å². The third-order valence-electron chi connectivity index (χ3n) is 10.0. The molecule has 0 N–H and O–H groups in total. The monoisotopic (exact) mass is 653 g/mol. The lowest BCUT2D eigenvalue weighted by atomic mass is 10.0. The van der Waals surface area contributed by atoms with E-state index in [0.29, 0.717) is 5.95 Å². The van der Waals surface area contributed by atoms with E-state index in [1.807, 2.05) is 36.4 Å². The molecule has 0 saturated carbocycles. The number of benzene rings is 7. The first kappa shape index (κ1) is 27.9. The molecule has 0 unspecified atom stereocenters. The van der Waals surface area contributed by atoms with E-state index < -0.39 is 0 Å². The van der Waals surface area contributed by atoms with Crippen LogP contribution < -0.4 is 0 Å². The maximum atomic E-state index is 6.57. The Labute approximate surface area is 291 Å². The highest BCUT2D eigenvalue weighted by molar-refractivity contribution is 6.23. The second-order valence-electron chi connectivity index (χ2n) is 13.0. The van der Waals surface area contributed by atoms with Crippen LogP contribution in [-0.4, -0.2) is 14.5 Å². The minimum absolute atomic E-state index is 0.572. The summed E-state index contributed by atoms with van der Waals surface area (Å²) in [5, 5.41) is 6.45. The third-order valence-corrected chi connectivity index (χ3v) is 10.0. The van der Waals surface area contributed by atoms with Crippen LogP contribution in [0.5, 0.6) is 0 Å². The fourth-order valence-corrected chi connectivity index (χ4v) is 7.71. The van der Waals surface area contributed by atoms with Crippen molar-refractivity contribution in [3.05, 3.63) is 164 Å². The molecule has 0 radical (unpaired) electrons. The summed E-state index contributed by atoms with van der Waals surface area (Å²) in [5.74, 6) is 0.572. The summed E-state index contributed by atoms with van der Waals surface area (Å²) < 4.78 is 15.3. The molecule has 0 bridgehead atoms. The molecule has 5 nitrogen and oxygen atoms in total. The van der Waals surface area contributed by atoms with Crippen LogP contribution in [0.2, 0.25) is 0 Å². The third kappa shape index (κ3) is 4.22. The molecular formula is C46H27N3O2. The van der Waals surface area contributed by atoms with Gasteiger partial charge in [0.1, 0.15) is 22.3 Å². The van der Waals surface area contributed by atoms with Crippen molar-refractivity contribution in [3.63, 3.8) is 0 Å². The lowest BCUT2D eigenvalue weighted by molar-refractivity contribution is 0.669. The number of rotatable bonds is 4. The summed E-state index contributed by atoms with van der Waals surface area (Å²) in [6.45, 7) is 0. The van der Waals surface area contributed by atoms with Gasteiger partial charge in [0.15, 0.2) is 0 Å². The molecule has 7 aromatic carbocycles. The Morgan fingerprint density at radius 1 is 0.392 bits per heavy atom. The van der Waals surface area contributed by atoms with E-state index in [2.05, 4.69) is 132 Å². The predicted molar refractivity (Wildman–Crippen MR) is 207 cm³/mol. The molecule has 11 rings (SSSR count). The highest BCUT2D eigenvalue weighted by Gasteiger charge is 2.22. The number of furan rings is 2. The van der Waals surface area contributed by atoms with E-state index in [9.17, 15) is 0 Å². The van der Waals surface area contributed by atoms with Gasteiger partial charge in [0.2, 0.25) is 5.95 Å². The van der Waals surface area contributed by atoms with Gasteiger partial charge in [-0.2, -0.15) is 0 Å². The number of para-hydroxylation sites is 4. The first-order valence-electron chi connectivity index (χ1n) is 17.1. The van der Waals surface area contributed by atoms with Gasteiger partial charge in [-0.05, 0) is 59.7 Å². The molecule has 0 aliphatic rings. The molecule has 0 fully saturated rings. The van der Waals surface area contributed by atoms with Gasteiger partial charge >= 0.3 is 0 Å². The number of hydrogen-bond acceptors (Lipinski definition) is 4. The zero-order valence-electron chi connectivity index (χ0n) is 27.2. The van der Waals surface area contributed by atoms with E-state index in [4.69, 9.17) is 18.8 Å². The van der Waals surface area contributed by atoms with Crippen LogP contribution in [0.4, 0.5) is 0 Å². The normalized spacial score (nSPS) is 11.9. The van der Waals surface area contributed by atoms with Crippen LogP contribution >= 0.6 is 0 Å². The Morgan fingerprint density at radius 2 is 1.00 bits per heavy atom. The number of hydrogen-bond donors (Lipinski definition) is 0. The van der Waals surface area contributed by atoms with Crippen LogP contribution in [-0.2, 0) is 0 Å². The van der Waals surface area contributed by atoms with Gasteiger partial charge in [0.05, 0.1) is 27.8 Å². The Bertz CT molecular complexity index is 3150. The van der Waals surface area contributed by atoms with Crippen molar-refractivity contribution in [1.29, 1.82) is 0 Å². The average molecular weight is 654 g/mol. The highest BCUT2D eigenvalue weighted by atomic mass is 16.3. The van der Waals surface area contributed by atoms with Crippen molar-refractivity contribution in [2.24, 2.45) is 0 Å². The molecule has 0 spiro atoms. The summed E-state index contributed by atoms with van der Waals surface area (Å²) in [7, 11) is 0. The molecule has 11 aromatic rings. The second kappa shape index (κ2) is 10.8. The van der Waals surface area contributed by atoms with Crippen molar-refractivity contribution in [1.82, 2.24) is 14.5 Å². The molecule has 4 aromatic heterocycles. The maximum absolute atomic E-state index is 6.57. The number of aromatic nitrogens is 3. The number of fused-ring (bicyclic) bond motifs is 10. The van der Waals surface area contributed by atoms with Gasteiger partial charge in [-0.3, -0.25) is 4.57 Å².